The van der Waals surface area contributed by atoms with Gasteiger partial charge in [0.2, 0.25) is 0 Å². The lowest BCUT2D eigenvalue weighted by molar-refractivity contribution is 0.0364. The summed E-state index contributed by atoms with van der Waals surface area (Å²) in [6.45, 7) is 14.9. The van der Waals surface area contributed by atoms with Crippen molar-refractivity contribution in [1.82, 2.24) is 9.80 Å². The van der Waals surface area contributed by atoms with Gasteiger partial charge in [0.1, 0.15) is 0 Å². The second kappa shape index (κ2) is 5.92. The molecule has 2 fully saturated rings. The summed E-state index contributed by atoms with van der Waals surface area (Å²) in [5, 5.41) is 0. The predicted molar refractivity (Wildman–Crippen MR) is 78.9 cm³/mol. The van der Waals surface area contributed by atoms with Crippen molar-refractivity contribution in [3.05, 3.63) is 0 Å². The maximum Gasteiger partial charge on any atom is 0.0153 e. The van der Waals surface area contributed by atoms with Crippen molar-refractivity contribution in [2.24, 2.45) is 5.92 Å². The SMILES string of the molecule is CC(C)N1CCCC(CN2CCCCC2(C)C)C1. The fourth-order valence-corrected chi connectivity index (χ4v) is 3.69. The quantitative estimate of drug-likeness (QED) is 0.760. The number of rotatable bonds is 3. The zero-order chi connectivity index (χ0) is 13.2. The van der Waals surface area contributed by atoms with Crippen LogP contribution in [0.4, 0.5) is 0 Å². The van der Waals surface area contributed by atoms with E-state index in [9.17, 15) is 0 Å². The summed E-state index contributed by atoms with van der Waals surface area (Å²) < 4.78 is 0. The Morgan fingerprint density at radius 3 is 2.56 bits per heavy atom. The van der Waals surface area contributed by atoms with E-state index in [-0.39, 0.29) is 0 Å². The van der Waals surface area contributed by atoms with E-state index >= 15 is 0 Å². The molecule has 0 radical (unpaired) electrons. The van der Waals surface area contributed by atoms with E-state index in [4.69, 9.17) is 0 Å². The van der Waals surface area contributed by atoms with E-state index in [2.05, 4.69) is 37.5 Å². The van der Waals surface area contributed by atoms with Gasteiger partial charge in [0.05, 0.1) is 0 Å². The van der Waals surface area contributed by atoms with Crippen LogP contribution in [-0.2, 0) is 0 Å². The number of hydrogen-bond acceptors (Lipinski definition) is 2. The predicted octanol–water partition coefficient (Wildman–Crippen LogP) is 3.37. The first-order valence-electron chi connectivity index (χ1n) is 7.98. The molecule has 0 spiro atoms. The maximum absolute atomic E-state index is 2.77. The lowest BCUT2D eigenvalue weighted by Crippen LogP contribution is -2.52. The van der Waals surface area contributed by atoms with Gasteiger partial charge in [-0.1, -0.05) is 6.42 Å². The van der Waals surface area contributed by atoms with E-state index < -0.39 is 0 Å². The molecule has 0 aliphatic carbocycles. The lowest BCUT2D eigenvalue weighted by Gasteiger charge is -2.46. The molecule has 18 heavy (non-hydrogen) atoms. The van der Waals surface area contributed by atoms with Gasteiger partial charge in [0.25, 0.3) is 0 Å². The van der Waals surface area contributed by atoms with Crippen molar-refractivity contribution in [2.45, 2.75) is 71.4 Å². The highest BCUT2D eigenvalue weighted by molar-refractivity contribution is 4.88. The Balaban J connectivity index is 1.88. The number of piperidine rings is 2. The number of likely N-dealkylation sites (tertiary alicyclic amines) is 2. The molecule has 0 saturated carbocycles. The number of nitrogens with zero attached hydrogens (tertiary/aromatic N) is 2. The fourth-order valence-electron chi connectivity index (χ4n) is 3.69. The standard InChI is InChI=1S/C16H32N2/c1-14(2)17-10-7-8-15(12-17)13-18-11-6-5-9-16(18,3)4/h14-15H,5-13H2,1-4H3. The molecule has 0 amide bonds. The summed E-state index contributed by atoms with van der Waals surface area (Å²) >= 11 is 0. The van der Waals surface area contributed by atoms with Crippen LogP contribution in [0.25, 0.3) is 0 Å². The van der Waals surface area contributed by atoms with Crippen LogP contribution in [0.15, 0.2) is 0 Å². The van der Waals surface area contributed by atoms with Gasteiger partial charge < -0.3 is 4.90 Å². The normalized spacial score (nSPS) is 30.8. The first-order valence-corrected chi connectivity index (χ1v) is 7.98. The summed E-state index contributed by atoms with van der Waals surface area (Å²) in [7, 11) is 0. The lowest BCUT2D eigenvalue weighted by atomic mass is 9.87. The minimum absolute atomic E-state index is 0.443. The molecule has 106 valence electrons. The molecule has 2 aliphatic heterocycles. The highest BCUT2D eigenvalue weighted by atomic mass is 15.2. The smallest absolute Gasteiger partial charge is 0.0153 e. The average Bonchev–Trinajstić information content (AvgIpc) is 2.32. The summed E-state index contributed by atoms with van der Waals surface area (Å²) in [4.78, 5) is 5.44. The van der Waals surface area contributed by atoms with Crippen LogP contribution in [-0.4, -0.2) is 47.6 Å². The third-order valence-electron chi connectivity index (χ3n) is 5.08. The molecule has 2 heterocycles. The van der Waals surface area contributed by atoms with E-state index in [0.29, 0.717) is 5.54 Å². The van der Waals surface area contributed by atoms with Crippen LogP contribution in [0.2, 0.25) is 0 Å². The van der Waals surface area contributed by atoms with E-state index in [1.54, 1.807) is 0 Å². The molecule has 0 aromatic rings. The van der Waals surface area contributed by atoms with Crippen LogP contribution >= 0.6 is 0 Å². The Hall–Kier alpha value is -0.0800. The summed E-state index contributed by atoms with van der Waals surface area (Å²) in [6, 6.07) is 0.724. The third kappa shape index (κ3) is 3.48. The van der Waals surface area contributed by atoms with Crippen LogP contribution in [0.5, 0.6) is 0 Å². The molecule has 2 heteroatoms. The van der Waals surface area contributed by atoms with Crippen molar-refractivity contribution in [3.8, 4) is 0 Å². The van der Waals surface area contributed by atoms with Gasteiger partial charge in [0.15, 0.2) is 0 Å². The van der Waals surface area contributed by atoms with E-state index in [0.717, 1.165) is 12.0 Å². The molecule has 0 N–H and O–H groups in total. The zero-order valence-electron chi connectivity index (χ0n) is 12.9. The molecular weight excluding hydrogens is 220 g/mol. The van der Waals surface area contributed by atoms with Crippen molar-refractivity contribution in [3.63, 3.8) is 0 Å². The zero-order valence-corrected chi connectivity index (χ0v) is 12.9. The second-order valence-electron chi connectivity index (χ2n) is 7.31. The van der Waals surface area contributed by atoms with Crippen LogP contribution < -0.4 is 0 Å². The Labute approximate surface area is 114 Å². The Kier molecular flexibility index (Phi) is 4.71. The van der Waals surface area contributed by atoms with Gasteiger partial charge >= 0.3 is 0 Å². The van der Waals surface area contributed by atoms with Crippen LogP contribution in [0.1, 0.15) is 59.8 Å². The van der Waals surface area contributed by atoms with Gasteiger partial charge in [0, 0.05) is 24.7 Å². The van der Waals surface area contributed by atoms with Crippen molar-refractivity contribution >= 4 is 0 Å². The van der Waals surface area contributed by atoms with Crippen molar-refractivity contribution < 1.29 is 0 Å². The summed E-state index contributed by atoms with van der Waals surface area (Å²) in [6.07, 6.45) is 7.05. The largest absolute Gasteiger partial charge is 0.301 e. The minimum Gasteiger partial charge on any atom is -0.301 e. The maximum atomic E-state index is 2.77. The average molecular weight is 252 g/mol. The first-order chi connectivity index (χ1) is 8.49. The highest BCUT2D eigenvalue weighted by Gasteiger charge is 2.32. The Bertz CT molecular complexity index is 260. The molecule has 1 unspecified atom stereocenters. The summed E-state index contributed by atoms with van der Waals surface area (Å²) in [5.41, 5.74) is 0.443. The second-order valence-corrected chi connectivity index (χ2v) is 7.31. The Morgan fingerprint density at radius 1 is 1.11 bits per heavy atom. The van der Waals surface area contributed by atoms with Crippen molar-refractivity contribution in [1.29, 1.82) is 0 Å². The Morgan fingerprint density at radius 2 is 1.89 bits per heavy atom. The third-order valence-corrected chi connectivity index (χ3v) is 5.08. The van der Waals surface area contributed by atoms with Gasteiger partial charge in [-0.2, -0.15) is 0 Å². The van der Waals surface area contributed by atoms with Gasteiger partial charge in [-0.25, -0.2) is 0 Å². The molecule has 1 atom stereocenters. The highest BCUT2D eigenvalue weighted by Crippen LogP contribution is 2.29. The topological polar surface area (TPSA) is 6.48 Å². The molecule has 0 aromatic carbocycles. The molecule has 2 rings (SSSR count). The molecule has 0 bridgehead atoms. The first kappa shape index (κ1) is 14.3. The molecular formula is C16H32N2. The van der Waals surface area contributed by atoms with E-state index in [1.165, 1.54) is 58.3 Å². The number of hydrogen-bond donors (Lipinski definition) is 0. The van der Waals surface area contributed by atoms with Crippen LogP contribution in [0, 0.1) is 5.92 Å². The monoisotopic (exact) mass is 252 g/mol. The molecule has 2 nitrogen and oxygen atoms in total. The van der Waals surface area contributed by atoms with Gasteiger partial charge in [-0.05, 0) is 72.4 Å². The minimum atomic E-state index is 0.443. The van der Waals surface area contributed by atoms with E-state index in [1.807, 2.05) is 0 Å². The molecule has 2 saturated heterocycles. The van der Waals surface area contributed by atoms with Gasteiger partial charge in [-0.15, -0.1) is 0 Å². The summed E-state index contributed by atoms with van der Waals surface area (Å²) in [5.74, 6) is 0.901. The molecule has 2 aliphatic rings. The van der Waals surface area contributed by atoms with Crippen molar-refractivity contribution in [2.75, 3.05) is 26.2 Å². The fraction of sp³-hybridized carbons (Fsp3) is 1.00. The van der Waals surface area contributed by atoms with Crippen LogP contribution in [0.3, 0.4) is 0 Å². The van der Waals surface area contributed by atoms with Gasteiger partial charge in [-0.3, -0.25) is 4.90 Å². The molecule has 0 aromatic heterocycles.